The van der Waals surface area contributed by atoms with Gasteiger partial charge < -0.3 is 10.3 Å². The van der Waals surface area contributed by atoms with Gasteiger partial charge in [0.2, 0.25) is 5.78 Å². The third-order valence-corrected chi connectivity index (χ3v) is 2.79. The Morgan fingerprint density at radius 1 is 1.47 bits per heavy atom. The number of rotatable bonds is 3. The highest BCUT2D eigenvalue weighted by molar-refractivity contribution is 6.11. The van der Waals surface area contributed by atoms with E-state index < -0.39 is 0 Å². The minimum Gasteiger partial charge on any atom is -0.398 e. The average Bonchev–Trinajstić information content (AvgIpc) is 2.76. The molecule has 1 aromatic carbocycles. The number of anilines is 1. The summed E-state index contributed by atoms with van der Waals surface area (Å²) in [5, 5.41) is 0. The summed E-state index contributed by atoms with van der Waals surface area (Å²) >= 11 is 0. The zero-order chi connectivity index (χ0) is 12.4. The first kappa shape index (κ1) is 11.4. The van der Waals surface area contributed by atoms with Gasteiger partial charge in [-0.1, -0.05) is 12.1 Å². The second-order valence-corrected chi connectivity index (χ2v) is 3.91. The van der Waals surface area contributed by atoms with Crippen LogP contribution in [0.5, 0.6) is 0 Å². The molecule has 4 nitrogen and oxygen atoms in total. The molecule has 0 aliphatic rings. The standard InChI is InChI=1S/C13H15N3O/c1-3-16-8-7-15-13(16)12(17)11-9(2)5-4-6-10(11)14/h4-8H,3,14H2,1-2H3. The second kappa shape index (κ2) is 4.41. The van der Waals surface area contributed by atoms with Gasteiger partial charge in [0.25, 0.3) is 0 Å². The third kappa shape index (κ3) is 1.93. The lowest BCUT2D eigenvalue weighted by atomic mass is 10.0. The van der Waals surface area contributed by atoms with Crippen molar-refractivity contribution in [2.24, 2.45) is 0 Å². The Labute approximate surface area is 100 Å². The van der Waals surface area contributed by atoms with E-state index in [9.17, 15) is 4.79 Å². The summed E-state index contributed by atoms with van der Waals surface area (Å²) in [6, 6.07) is 5.45. The van der Waals surface area contributed by atoms with Crippen LogP contribution in [-0.2, 0) is 6.54 Å². The van der Waals surface area contributed by atoms with E-state index in [2.05, 4.69) is 4.98 Å². The molecule has 0 fully saturated rings. The third-order valence-electron chi connectivity index (χ3n) is 2.79. The summed E-state index contributed by atoms with van der Waals surface area (Å²) in [4.78, 5) is 16.5. The van der Waals surface area contributed by atoms with E-state index in [1.54, 1.807) is 18.5 Å². The van der Waals surface area contributed by atoms with Crippen LogP contribution in [0.4, 0.5) is 5.69 Å². The van der Waals surface area contributed by atoms with Crippen LogP contribution in [0.1, 0.15) is 28.7 Å². The summed E-state index contributed by atoms with van der Waals surface area (Å²) < 4.78 is 1.81. The second-order valence-electron chi connectivity index (χ2n) is 3.91. The molecule has 2 rings (SSSR count). The topological polar surface area (TPSA) is 60.9 Å². The van der Waals surface area contributed by atoms with Gasteiger partial charge in [-0.25, -0.2) is 4.98 Å². The highest BCUT2D eigenvalue weighted by Crippen LogP contribution is 2.19. The Bertz CT molecular complexity index is 537. The predicted octanol–water partition coefficient (Wildman–Crippen LogP) is 2.02. The Morgan fingerprint density at radius 3 is 2.88 bits per heavy atom. The molecule has 17 heavy (non-hydrogen) atoms. The molecular formula is C13H15N3O. The van der Waals surface area contributed by atoms with E-state index in [0.29, 0.717) is 23.6 Å². The highest BCUT2D eigenvalue weighted by atomic mass is 16.1. The van der Waals surface area contributed by atoms with Crippen LogP contribution in [0.15, 0.2) is 30.6 Å². The van der Waals surface area contributed by atoms with Crippen LogP contribution in [0.25, 0.3) is 0 Å². The molecule has 0 spiro atoms. The van der Waals surface area contributed by atoms with Crippen LogP contribution in [0, 0.1) is 6.92 Å². The fraction of sp³-hybridized carbons (Fsp3) is 0.231. The molecule has 0 saturated carbocycles. The van der Waals surface area contributed by atoms with Crippen LogP contribution in [0.2, 0.25) is 0 Å². The van der Waals surface area contributed by atoms with Gasteiger partial charge in [-0.3, -0.25) is 4.79 Å². The number of imidazole rings is 1. The molecule has 1 heterocycles. The van der Waals surface area contributed by atoms with Crippen molar-refractivity contribution in [1.82, 2.24) is 9.55 Å². The maximum absolute atomic E-state index is 12.4. The van der Waals surface area contributed by atoms with E-state index in [1.165, 1.54) is 0 Å². The smallest absolute Gasteiger partial charge is 0.230 e. The molecule has 88 valence electrons. The van der Waals surface area contributed by atoms with Gasteiger partial charge in [0.05, 0.1) is 5.56 Å². The number of nitrogen functional groups attached to an aromatic ring is 1. The van der Waals surface area contributed by atoms with Gasteiger partial charge >= 0.3 is 0 Å². The number of nitrogens with two attached hydrogens (primary N) is 1. The van der Waals surface area contributed by atoms with Crippen LogP contribution in [0.3, 0.4) is 0 Å². The fourth-order valence-electron chi connectivity index (χ4n) is 1.89. The lowest BCUT2D eigenvalue weighted by molar-refractivity contribution is 0.102. The highest BCUT2D eigenvalue weighted by Gasteiger charge is 2.18. The van der Waals surface area contributed by atoms with Crippen molar-refractivity contribution in [1.29, 1.82) is 0 Å². The zero-order valence-corrected chi connectivity index (χ0v) is 9.97. The van der Waals surface area contributed by atoms with Gasteiger partial charge in [-0.15, -0.1) is 0 Å². The quantitative estimate of drug-likeness (QED) is 0.647. The number of ketones is 1. The van der Waals surface area contributed by atoms with Crippen molar-refractivity contribution in [3.05, 3.63) is 47.5 Å². The van der Waals surface area contributed by atoms with Gasteiger partial charge in [-0.2, -0.15) is 0 Å². The maximum atomic E-state index is 12.4. The van der Waals surface area contributed by atoms with Gasteiger partial charge in [0.15, 0.2) is 5.82 Å². The Hall–Kier alpha value is -2.10. The molecule has 2 N–H and O–H groups in total. The van der Waals surface area contributed by atoms with Crippen molar-refractivity contribution >= 4 is 11.5 Å². The molecule has 0 aliphatic heterocycles. The van der Waals surface area contributed by atoms with E-state index in [0.717, 1.165) is 5.56 Å². The number of benzene rings is 1. The first-order valence-corrected chi connectivity index (χ1v) is 5.56. The summed E-state index contributed by atoms with van der Waals surface area (Å²) in [7, 11) is 0. The monoisotopic (exact) mass is 229 g/mol. The normalized spacial score (nSPS) is 10.5. The zero-order valence-electron chi connectivity index (χ0n) is 9.97. The number of carbonyl (C=O) groups excluding carboxylic acids is 1. The molecular weight excluding hydrogens is 214 g/mol. The molecule has 0 aliphatic carbocycles. The van der Waals surface area contributed by atoms with Crippen molar-refractivity contribution in [3.8, 4) is 0 Å². The Morgan fingerprint density at radius 2 is 2.24 bits per heavy atom. The fourth-order valence-corrected chi connectivity index (χ4v) is 1.89. The molecule has 1 aromatic heterocycles. The number of nitrogens with zero attached hydrogens (tertiary/aromatic N) is 2. The lowest BCUT2D eigenvalue weighted by Gasteiger charge is -2.09. The molecule has 0 saturated heterocycles. The van der Waals surface area contributed by atoms with Gasteiger partial charge in [0, 0.05) is 24.6 Å². The number of hydrogen-bond acceptors (Lipinski definition) is 3. The van der Waals surface area contributed by atoms with E-state index in [-0.39, 0.29) is 5.78 Å². The van der Waals surface area contributed by atoms with Gasteiger partial charge in [-0.05, 0) is 25.5 Å². The summed E-state index contributed by atoms with van der Waals surface area (Å²) in [6.45, 7) is 4.56. The van der Waals surface area contributed by atoms with E-state index in [4.69, 9.17) is 5.73 Å². The first-order valence-electron chi connectivity index (χ1n) is 5.56. The molecule has 2 aromatic rings. The molecule has 0 amide bonds. The summed E-state index contributed by atoms with van der Waals surface area (Å²) in [5.74, 6) is 0.320. The van der Waals surface area contributed by atoms with Crippen molar-refractivity contribution < 1.29 is 4.79 Å². The molecule has 0 atom stereocenters. The van der Waals surface area contributed by atoms with Crippen molar-refractivity contribution in [2.75, 3.05) is 5.73 Å². The predicted molar refractivity (Wildman–Crippen MR) is 66.9 cm³/mol. The number of hydrogen-bond donors (Lipinski definition) is 1. The van der Waals surface area contributed by atoms with Gasteiger partial charge in [0.1, 0.15) is 0 Å². The molecule has 4 heteroatoms. The SMILES string of the molecule is CCn1ccnc1C(=O)c1c(C)cccc1N. The van der Waals surface area contributed by atoms with E-state index in [1.807, 2.05) is 30.5 Å². The first-order chi connectivity index (χ1) is 8.15. The van der Waals surface area contributed by atoms with Crippen molar-refractivity contribution in [2.45, 2.75) is 20.4 Å². The number of aryl methyl sites for hydroxylation is 2. The van der Waals surface area contributed by atoms with Crippen LogP contribution >= 0.6 is 0 Å². The number of carbonyl (C=O) groups is 1. The number of aromatic nitrogens is 2. The molecule has 0 radical (unpaired) electrons. The Balaban J connectivity index is 2.51. The molecule has 0 unspecified atom stereocenters. The van der Waals surface area contributed by atoms with Crippen molar-refractivity contribution in [3.63, 3.8) is 0 Å². The lowest BCUT2D eigenvalue weighted by Crippen LogP contribution is -2.13. The molecule has 0 bridgehead atoms. The average molecular weight is 229 g/mol. The van der Waals surface area contributed by atoms with Crippen LogP contribution < -0.4 is 5.73 Å². The minimum absolute atomic E-state index is 0.118. The van der Waals surface area contributed by atoms with Crippen LogP contribution in [-0.4, -0.2) is 15.3 Å². The summed E-state index contributed by atoms with van der Waals surface area (Å²) in [6.07, 6.45) is 3.42. The minimum atomic E-state index is -0.118. The van der Waals surface area contributed by atoms with E-state index >= 15 is 0 Å². The maximum Gasteiger partial charge on any atom is 0.230 e. The summed E-state index contributed by atoms with van der Waals surface area (Å²) in [5.41, 5.74) is 7.79. The Kier molecular flexibility index (Phi) is 2.95. The largest absolute Gasteiger partial charge is 0.398 e.